The number of unbranched alkanes of at least 4 members (excludes halogenated alkanes) is 9. The van der Waals surface area contributed by atoms with E-state index in [1.54, 1.807) is 0 Å². The summed E-state index contributed by atoms with van der Waals surface area (Å²) in [4.78, 5) is 0. The molecule has 19 heavy (non-hydrogen) atoms. The lowest BCUT2D eigenvalue weighted by Crippen LogP contribution is -2.17. The van der Waals surface area contributed by atoms with E-state index < -0.39 is 0 Å². The molecule has 0 spiro atoms. The molecule has 1 unspecified atom stereocenters. The average Bonchev–Trinajstić information content (AvgIpc) is 2.43. The Morgan fingerprint density at radius 1 is 0.737 bits per heavy atom. The molecule has 0 saturated heterocycles. The van der Waals surface area contributed by atoms with Crippen LogP contribution in [-0.4, -0.2) is 6.04 Å². The predicted octanol–water partition coefficient (Wildman–Crippen LogP) is 5.98. The molecule has 2 N–H and O–H groups in total. The number of hydrogen-bond donors (Lipinski definition) is 1. The molecule has 0 aliphatic heterocycles. The molecule has 0 heterocycles. The average molecular weight is 268 g/mol. The van der Waals surface area contributed by atoms with Crippen molar-refractivity contribution in [2.45, 2.75) is 103 Å². The summed E-state index contributed by atoms with van der Waals surface area (Å²) >= 11 is 0. The molecular weight excluding hydrogens is 230 g/mol. The van der Waals surface area contributed by atoms with Crippen LogP contribution in [0.5, 0.6) is 0 Å². The van der Waals surface area contributed by atoms with E-state index in [4.69, 9.17) is 5.73 Å². The Bertz CT molecular complexity index is 186. The highest BCUT2D eigenvalue weighted by atomic mass is 14.6. The van der Waals surface area contributed by atoms with Crippen molar-refractivity contribution in [3.05, 3.63) is 12.2 Å². The minimum Gasteiger partial charge on any atom is -0.328 e. The molecule has 1 heteroatoms. The summed E-state index contributed by atoms with van der Waals surface area (Å²) in [7, 11) is 0. The normalized spacial score (nSPS) is 13.2. The molecule has 0 fully saturated rings. The maximum atomic E-state index is 5.90. The van der Waals surface area contributed by atoms with E-state index in [0.29, 0.717) is 6.04 Å². The summed E-state index contributed by atoms with van der Waals surface area (Å²) in [5.41, 5.74) is 5.90. The van der Waals surface area contributed by atoms with E-state index >= 15 is 0 Å². The Morgan fingerprint density at radius 2 is 1.26 bits per heavy atom. The first-order chi connectivity index (χ1) is 9.31. The molecule has 0 aliphatic carbocycles. The molecule has 0 radical (unpaired) electrons. The molecule has 0 saturated carbocycles. The van der Waals surface area contributed by atoms with Crippen LogP contribution in [0.1, 0.15) is 97.3 Å². The van der Waals surface area contributed by atoms with Crippen LogP contribution in [0.4, 0.5) is 0 Å². The number of allylic oxidation sites excluding steroid dienone is 2. The quantitative estimate of drug-likeness (QED) is 0.304. The molecule has 0 aromatic carbocycles. The lowest BCUT2D eigenvalue weighted by molar-refractivity contribution is 0.541. The van der Waals surface area contributed by atoms with Gasteiger partial charge in [0.05, 0.1) is 0 Å². The van der Waals surface area contributed by atoms with Crippen molar-refractivity contribution in [3.63, 3.8) is 0 Å². The number of rotatable bonds is 14. The second-order valence-corrected chi connectivity index (χ2v) is 5.83. The molecular formula is C18H37N. The van der Waals surface area contributed by atoms with Crippen LogP contribution in [0, 0.1) is 0 Å². The van der Waals surface area contributed by atoms with Crippen molar-refractivity contribution in [1.29, 1.82) is 0 Å². The highest BCUT2D eigenvalue weighted by Crippen LogP contribution is 2.09. The van der Waals surface area contributed by atoms with Crippen molar-refractivity contribution in [1.82, 2.24) is 0 Å². The van der Waals surface area contributed by atoms with Gasteiger partial charge in [0.25, 0.3) is 0 Å². The van der Waals surface area contributed by atoms with Crippen LogP contribution in [0.2, 0.25) is 0 Å². The topological polar surface area (TPSA) is 26.0 Å². The van der Waals surface area contributed by atoms with Gasteiger partial charge < -0.3 is 5.73 Å². The Balaban J connectivity index is 3.09. The van der Waals surface area contributed by atoms with Gasteiger partial charge in [0.2, 0.25) is 0 Å². The van der Waals surface area contributed by atoms with E-state index in [9.17, 15) is 0 Å². The third-order valence-electron chi connectivity index (χ3n) is 3.86. The molecule has 0 aromatic rings. The number of hydrogen-bond acceptors (Lipinski definition) is 1. The van der Waals surface area contributed by atoms with Crippen molar-refractivity contribution in [2.75, 3.05) is 0 Å². The molecule has 0 amide bonds. The van der Waals surface area contributed by atoms with Crippen molar-refractivity contribution >= 4 is 0 Å². The van der Waals surface area contributed by atoms with Crippen LogP contribution < -0.4 is 5.73 Å². The highest BCUT2D eigenvalue weighted by molar-refractivity contribution is 4.81. The highest BCUT2D eigenvalue weighted by Gasteiger charge is 1.97. The molecule has 0 aliphatic rings. The first-order valence-electron chi connectivity index (χ1n) is 8.71. The van der Waals surface area contributed by atoms with E-state index in [0.717, 1.165) is 6.42 Å². The zero-order valence-corrected chi connectivity index (χ0v) is 13.5. The Morgan fingerprint density at radius 3 is 1.84 bits per heavy atom. The van der Waals surface area contributed by atoms with Gasteiger partial charge in [-0.05, 0) is 38.5 Å². The smallest absolute Gasteiger partial charge is 0.00362 e. The summed E-state index contributed by atoms with van der Waals surface area (Å²) in [6.45, 7) is 4.45. The van der Waals surface area contributed by atoms with Gasteiger partial charge in [0.1, 0.15) is 0 Å². The van der Waals surface area contributed by atoms with Gasteiger partial charge in [-0.25, -0.2) is 0 Å². The maximum Gasteiger partial charge on any atom is 0.00362 e. The van der Waals surface area contributed by atoms with Gasteiger partial charge in [-0.1, -0.05) is 70.9 Å². The lowest BCUT2D eigenvalue weighted by Gasteiger charge is -2.06. The fourth-order valence-corrected chi connectivity index (χ4v) is 2.33. The molecule has 0 aromatic heterocycles. The van der Waals surface area contributed by atoms with Gasteiger partial charge in [-0.3, -0.25) is 0 Å². The monoisotopic (exact) mass is 267 g/mol. The van der Waals surface area contributed by atoms with E-state index in [1.165, 1.54) is 77.0 Å². The minimum atomic E-state index is 0.434. The van der Waals surface area contributed by atoms with Crippen molar-refractivity contribution < 1.29 is 0 Å². The van der Waals surface area contributed by atoms with E-state index in [2.05, 4.69) is 26.0 Å². The first kappa shape index (κ1) is 18.7. The van der Waals surface area contributed by atoms with E-state index in [1.807, 2.05) is 0 Å². The standard InChI is InChI=1S/C18H37N/c1-3-5-6-7-8-9-10-11-12-13-14-15-16-17-18(19)4-2/h11-12,18H,3-10,13-17,19H2,1-2H3/b12-11-. The fourth-order valence-electron chi connectivity index (χ4n) is 2.33. The van der Waals surface area contributed by atoms with Crippen LogP contribution in [0.15, 0.2) is 12.2 Å². The third-order valence-corrected chi connectivity index (χ3v) is 3.86. The van der Waals surface area contributed by atoms with Gasteiger partial charge in [-0.2, -0.15) is 0 Å². The molecule has 1 atom stereocenters. The van der Waals surface area contributed by atoms with Crippen LogP contribution in [0.25, 0.3) is 0 Å². The Kier molecular flexibility index (Phi) is 15.5. The van der Waals surface area contributed by atoms with Crippen LogP contribution in [0.3, 0.4) is 0 Å². The predicted molar refractivity (Wildman–Crippen MR) is 88.5 cm³/mol. The molecule has 0 bridgehead atoms. The summed E-state index contributed by atoms with van der Waals surface area (Å²) in [5.74, 6) is 0. The zero-order chi connectivity index (χ0) is 14.2. The largest absolute Gasteiger partial charge is 0.328 e. The second kappa shape index (κ2) is 15.8. The van der Waals surface area contributed by atoms with Gasteiger partial charge in [0, 0.05) is 6.04 Å². The summed E-state index contributed by atoms with van der Waals surface area (Å²) in [6.07, 6.45) is 22.0. The molecule has 114 valence electrons. The summed E-state index contributed by atoms with van der Waals surface area (Å²) in [6, 6.07) is 0.434. The van der Waals surface area contributed by atoms with Crippen molar-refractivity contribution in [3.8, 4) is 0 Å². The first-order valence-corrected chi connectivity index (χ1v) is 8.71. The maximum absolute atomic E-state index is 5.90. The van der Waals surface area contributed by atoms with Crippen LogP contribution >= 0.6 is 0 Å². The summed E-state index contributed by atoms with van der Waals surface area (Å²) in [5, 5.41) is 0. The van der Waals surface area contributed by atoms with Gasteiger partial charge in [-0.15, -0.1) is 0 Å². The molecule has 0 rings (SSSR count). The van der Waals surface area contributed by atoms with E-state index in [-0.39, 0.29) is 0 Å². The van der Waals surface area contributed by atoms with Gasteiger partial charge in [0.15, 0.2) is 0 Å². The Hall–Kier alpha value is -0.300. The zero-order valence-electron chi connectivity index (χ0n) is 13.5. The van der Waals surface area contributed by atoms with Gasteiger partial charge >= 0.3 is 0 Å². The number of nitrogens with two attached hydrogens (primary N) is 1. The Labute approximate surface area is 122 Å². The fraction of sp³-hybridized carbons (Fsp3) is 0.889. The lowest BCUT2D eigenvalue weighted by atomic mass is 10.1. The van der Waals surface area contributed by atoms with Crippen molar-refractivity contribution in [2.24, 2.45) is 5.73 Å². The minimum absolute atomic E-state index is 0.434. The summed E-state index contributed by atoms with van der Waals surface area (Å²) < 4.78 is 0. The van der Waals surface area contributed by atoms with Crippen LogP contribution in [-0.2, 0) is 0 Å². The second-order valence-electron chi connectivity index (χ2n) is 5.83. The SMILES string of the molecule is CCCCCCCC/C=C\CCCCCC(N)CC. The third kappa shape index (κ3) is 15.6. The molecule has 1 nitrogen and oxygen atoms in total.